The van der Waals surface area contributed by atoms with Crippen LogP contribution in [0.15, 0.2) is 60.7 Å². The van der Waals surface area contributed by atoms with Gasteiger partial charge in [0, 0.05) is 0 Å². The van der Waals surface area contributed by atoms with Crippen molar-refractivity contribution in [2.24, 2.45) is 0 Å². The van der Waals surface area contributed by atoms with Gasteiger partial charge in [-0.2, -0.15) is 0 Å². The van der Waals surface area contributed by atoms with Crippen LogP contribution in [0.4, 0.5) is 5.69 Å². The maximum Gasteiger partial charge on any atom is 0.342 e. The average molecular weight is 488 g/mol. The number of benzene rings is 3. The lowest BCUT2D eigenvalue weighted by Crippen LogP contribution is -2.29. The number of esters is 1. The first-order valence-electron chi connectivity index (χ1n) is 11.1. The lowest BCUT2D eigenvalue weighted by molar-refractivity contribution is -0.119. The average Bonchev–Trinajstić information content (AvgIpc) is 3.12. The van der Waals surface area contributed by atoms with Crippen LogP contribution < -0.4 is 14.8 Å². The Hall–Kier alpha value is -4.66. The minimum Gasteiger partial charge on any atom is -0.496 e. The van der Waals surface area contributed by atoms with Gasteiger partial charge in [0.2, 0.25) is 0 Å². The first-order chi connectivity index (χ1) is 17.3. The molecule has 0 saturated carbocycles. The van der Waals surface area contributed by atoms with E-state index in [9.17, 15) is 19.2 Å². The molecule has 0 aromatic heterocycles. The van der Waals surface area contributed by atoms with E-state index in [1.54, 1.807) is 48.5 Å². The summed E-state index contributed by atoms with van der Waals surface area (Å²) in [6.07, 6.45) is 0. The summed E-state index contributed by atoms with van der Waals surface area (Å²) in [6, 6.07) is 16.6. The minimum atomic E-state index is -0.789. The van der Waals surface area contributed by atoms with Crippen molar-refractivity contribution < 1.29 is 33.4 Å². The molecule has 0 spiro atoms. The number of ether oxygens (including phenoxy) is 3. The molecule has 0 atom stereocenters. The van der Waals surface area contributed by atoms with E-state index in [1.165, 1.54) is 20.3 Å². The van der Waals surface area contributed by atoms with Gasteiger partial charge in [-0.25, -0.2) is 4.79 Å². The van der Waals surface area contributed by atoms with Crippen molar-refractivity contribution >= 4 is 29.4 Å². The van der Waals surface area contributed by atoms with Crippen LogP contribution >= 0.6 is 0 Å². The Morgan fingerprint density at radius 2 is 1.50 bits per heavy atom. The lowest BCUT2D eigenvalue weighted by Gasteiger charge is -2.16. The zero-order valence-corrected chi connectivity index (χ0v) is 20.0. The molecule has 3 aromatic rings. The molecule has 3 aromatic carbocycles. The lowest BCUT2D eigenvalue weighted by atomic mass is 10.1. The molecule has 3 amide bonds. The third-order valence-electron chi connectivity index (χ3n) is 5.67. The number of carbonyl (C=O) groups is 4. The Kier molecular flexibility index (Phi) is 7.00. The second-order valence-corrected chi connectivity index (χ2v) is 8.10. The minimum absolute atomic E-state index is 0.0374. The highest BCUT2D eigenvalue weighted by Gasteiger charge is 2.35. The summed E-state index contributed by atoms with van der Waals surface area (Å²) in [5.41, 5.74) is 2.64. The summed E-state index contributed by atoms with van der Waals surface area (Å²) >= 11 is 0. The van der Waals surface area contributed by atoms with Gasteiger partial charge in [-0.15, -0.1) is 0 Å². The number of methoxy groups -OCH3 is 2. The van der Waals surface area contributed by atoms with Crippen molar-refractivity contribution in [1.29, 1.82) is 0 Å². The molecule has 0 saturated heterocycles. The van der Waals surface area contributed by atoms with Crippen LogP contribution in [0.2, 0.25) is 0 Å². The normalized spacial score (nSPS) is 12.2. The third kappa shape index (κ3) is 4.90. The number of rotatable bonds is 8. The molecule has 1 heterocycles. The van der Waals surface area contributed by atoms with Crippen molar-refractivity contribution in [3.63, 3.8) is 0 Å². The quantitative estimate of drug-likeness (QED) is 0.381. The van der Waals surface area contributed by atoms with E-state index in [0.29, 0.717) is 28.1 Å². The first kappa shape index (κ1) is 24.5. The Balaban J connectivity index is 1.45. The Bertz CT molecular complexity index is 1330. The summed E-state index contributed by atoms with van der Waals surface area (Å²) in [7, 11) is 2.88. The van der Waals surface area contributed by atoms with E-state index in [2.05, 4.69) is 5.32 Å². The van der Waals surface area contributed by atoms with Gasteiger partial charge >= 0.3 is 5.97 Å². The predicted octanol–water partition coefficient (Wildman–Crippen LogP) is 3.60. The van der Waals surface area contributed by atoms with Crippen LogP contribution in [0.5, 0.6) is 11.5 Å². The first-order valence-corrected chi connectivity index (χ1v) is 11.1. The topological polar surface area (TPSA) is 111 Å². The van der Waals surface area contributed by atoms with Crippen molar-refractivity contribution in [2.75, 3.05) is 26.1 Å². The number of hydrogen-bond acceptors (Lipinski definition) is 7. The molecule has 36 heavy (non-hydrogen) atoms. The van der Waals surface area contributed by atoms with Gasteiger partial charge in [-0.05, 0) is 54.4 Å². The number of carbonyl (C=O) groups excluding carboxylic acids is 4. The van der Waals surface area contributed by atoms with E-state index in [4.69, 9.17) is 14.2 Å². The Morgan fingerprint density at radius 1 is 0.861 bits per heavy atom. The summed E-state index contributed by atoms with van der Waals surface area (Å²) in [6.45, 7) is 1.29. The number of aryl methyl sites for hydroxylation is 1. The summed E-state index contributed by atoms with van der Waals surface area (Å²) in [5, 5.41) is 2.66. The highest BCUT2D eigenvalue weighted by molar-refractivity contribution is 6.21. The maximum atomic E-state index is 12.8. The van der Waals surface area contributed by atoms with Gasteiger partial charge in [-0.1, -0.05) is 24.3 Å². The molecule has 1 aliphatic heterocycles. The smallest absolute Gasteiger partial charge is 0.342 e. The second kappa shape index (κ2) is 10.3. The zero-order chi connectivity index (χ0) is 25.8. The van der Waals surface area contributed by atoms with Gasteiger partial charge < -0.3 is 19.5 Å². The molecule has 0 aliphatic carbocycles. The van der Waals surface area contributed by atoms with Gasteiger partial charge in [0.25, 0.3) is 17.7 Å². The van der Waals surface area contributed by atoms with Crippen molar-refractivity contribution in [2.45, 2.75) is 13.5 Å². The number of imide groups is 1. The molecule has 9 nitrogen and oxygen atoms in total. The van der Waals surface area contributed by atoms with Gasteiger partial charge in [0.15, 0.2) is 6.61 Å². The second-order valence-electron chi connectivity index (χ2n) is 8.10. The molecule has 1 aliphatic rings. The molecule has 4 rings (SSSR count). The molecule has 184 valence electrons. The van der Waals surface area contributed by atoms with E-state index >= 15 is 0 Å². The van der Waals surface area contributed by atoms with Crippen LogP contribution in [-0.2, 0) is 16.1 Å². The van der Waals surface area contributed by atoms with Crippen molar-refractivity contribution in [3.8, 4) is 11.5 Å². The largest absolute Gasteiger partial charge is 0.496 e. The maximum absolute atomic E-state index is 12.8. The number of fused-ring (bicyclic) bond motifs is 1. The molecule has 1 N–H and O–H groups in total. The summed E-state index contributed by atoms with van der Waals surface area (Å²) in [4.78, 5) is 51.7. The fraction of sp³-hybridized carbons (Fsp3) is 0.185. The number of nitrogens with one attached hydrogen (secondary N) is 1. The van der Waals surface area contributed by atoms with Crippen LogP contribution in [0, 0.1) is 6.92 Å². The van der Waals surface area contributed by atoms with Crippen LogP contribution in [-0.4, -0.2) is 49.4 Å². The molecule has 0 fully saturated rings. The number of amides is 3. The monoisotopic (exact) mass is 488 g/mol. The predicted molar refractivity (Wildman–Crippen MR) is 130 cm³/mol. The van der Waals surface area contributed by atoms with Crippen molar-refractivity contribution in [1.82, 2.24) is 4.90 Å². The van der Waals surface area contributed by atoms with Gasteiger partial charge in [0.05, 0.1) is 37.6 Å². The zero-order valence-electron chi connectivity index (χ0n) is 20.0. The number of anilines is 1. The molecule has 0 radical (unpaired) electrons. The Labute approximate surface area is 207 Å². The van der Waals surface area contributed by atoms with E-state index in [-0.39, 0.29) is 17.9 Å². The van der Waals surface area contributed by atoms with Crippen LogP contribution in [0.25, 0.3) is 0 Å². The fourth-order valence-electron chi connectivity index (χ4n) is 3.89. The molecule has 0 bridgehead atoms. The standard InChI is InChI=1S/C27H24N2O7/c1-16-8-10-23(35-3)21(12-16)28-24(30)15-36-27(33)20-13-17(9-11-22(20)34-2)14-29-25(31)18-6-4-5-7-19(18)26(29)32/h4-13H,14-15H2,1-3H3,(H,28,30). The molecular weight excluding hydrogens is 464 g/mol. The van der Waals surface area contributed by atoms with E-state index < -0.39 is 30.3 Å². The van der Waals surface area contributed by atoms with Crippen molar-refractivity contribution in [3.05, 3.63) is 88.5 Å². The fourth-order valence-corrected chi connectivity index (χ4v) is 3.89. The number of hydrogen-bond donors (Lipinski definition) is 1. The van der Waals surface area contributed by atoms with Gasteiger partial charge in [-0.3, -0.25) is 19.3 Å². The molecular formula is C27H24N2O7. The third-order valence-corrected chi connectivity index (χ3v) is 5.67. The SMILES string of the molecule is COc1ccc(C)cc1NC(=O)COC(=O)c1cc(CN2C(=O)c3ccccc3C2=O)ccc1OC. The van der Waals surface area contributed by atoms with E-state index in [0.717, 1.165) is 10.5 Å². The summed E-state index contributed by atoms with van der Waals surface area (Å²) < 4.78 is 15.7. The van der Waals surface area contributed by atoms with Crippen LogP contribution in [0.3, 0.4) is 0 Å². The Morgan fingerprint density at radius 3 is 2.14 bits per heavy atom. The highest BCUT2D eigenvalue weighted by Crippen LogP contribution is 2.27. The molecule has 0 unspecified atom stereocenters. The van der Waals surface area contributed by atoms with Crippen LogP contribution in [0.1, 0.15) is 42.2 Å². The molecule has 9 heteroatoms. The highest BCUT2D eigenvalue weighted by atomic mass is 16.5. The van der Waals surface area contributed by atoms with E-state index in [1.807, 2.05) is 13.0 Å². The van der Waals surface area contributed by atoms with Gasteiger partial charge in [0.1, 0.15) is 17.1 Å². The number of nitrogens with zero attached hydrogens (tertiary/aromatic N) is 1. The summed E-state index contributed by atoms with van der Waals surface area (Å²) in [5.74, 6) is -1.44.